The van der Waals surface area contributed by atoms with E-state index in [2.05, 4.69) is 16.4 Å². The first-order valence-electron chi connectivity index (χ1n) is 10.8. The number of nitriles is 1. The molecule has 1 amide bonds. The lowest BCUT2D eigenvalue weighted by Gasteiger charge is -2.23. The first-order valence-corrected chi connectivity index (χ1v) is 10.8. The van der Waals surface area contributed by atoms with Crippen molar-refractivity contribution in [2.24, 2.45) is 5.73 Å². The number of hydrogen-bond donors (Lipinski definition) is 1. The molecule has 0 radical (unpaired) electrons. The van der Waals surface area contributed by atoms with Crippen LogP contribution in [-0.2, 0) is 11.2 Å². The van der Waals surface area contributed by atoms with E-state index in [1.165, 1.54) is 0 Å². The van der Waals surface area contributed by atoms with E-state index in [1.807, 2.05) is 61.7 Å². The van der Waals surface area contributed by atoms with Crippen LogP contribution in [0.3, 0.4) is 0 Å². The third-order valence-corrected chi connectivity index (χ3v) is 5.61. The van der Waals surface area contributed by atoms with Crippen molar-refractivity contribution in [3.8, 4) is 28.8 Å². The van der Waals surface area contributed by atoms with Crippen molar-refractivity contribution >= 4 is 5.91 Å². The average Bonchev–Trinajstić information content (AvgIpc) is 3.50. The SMILES string of the molecule is CCOc1ccc(-c2cn(-c3ccc(C[C@H](N)C(=O)N4CCC[C@H]4C#N)cc3)nn2)cc1. The molecule has 2 aromatic carbocycles. The lowest BCUT2D eigenvalue weighted by Crippen LogP contribution is -2.46. The van der Waals surface area contributed by atoms with Crippen LogP contribution in [-0.4, -0.2) is 51.0 Å². The van der Waals surface area contributed by atoms with Gasteiger partial charge in [0.1, 0.15) is 17.5 Å². The van der Waals surface area contributed by atoms with Crippen molar-refractivity contribution in [3.05, 3.63) is 60.3 Å². The zero-order valence-electron chi connectivity index (χ0n) is 18.0. The topological polar surface area (TPSA) is 110 Å². The van der Waals surface area contributed by atoms with Crippen molar-refractivity contribution < 1.29 is 9.53 Å². The molecule has 1 saturated heterocycles. The van der Waals surface area contributed by atoms with Gasteiger partial charge in [0.15, 0.2) is 0 Å². The molecule has 1 aliphatic rings. The molecule has 32 heavy (non-hydrogen) atoms. The number of carbonyl (C=O) groups excluding carboxylic acids is 1. The summed E-state index contributed by atoms with van der Waals surface area (Å²) in [5, 5.41) is 17.7. The number of nitrogens with two attached hydrogens (primary N) is 1. The highest BCUT2D eigenvalue weighted by Gasteiger charge is 2.31. The molecule has 2 atom stereocenters. The second-order valence-electron chi connectivity index (χ2n) is 7.80. The van der Waals surface area contributed by atoms with Crippen LogP contribution in [0.25, 0.3) is 16.9 Å². The van der Waals surface area contributed by atoms with E-state index < -0.39 is 6.04 Å². The lowest BCUT2D eigenvalue weighted by molar-refractivity contribution is -0.132. The van der Waals surface area contributed by atoms with Crippen LogP contribution in [0.15, 0.2) is 54.7 Å². The number of aromatic nitrogens is 3. The van der Waals surface area contributed by atoms with Crippen LogP contribution < -0.4 is 10.5 Å². The van der Waals surface area contributed by atoms with Crippen molar-refractivity contribution in [1.29, 1.82) is 5.26 Å². The van der Waals surface area contributed by atoms with Crippen molar-refractivity contribution in [1.82, 2.24) is 19.9 Å². The van der Waals surface area contributed by atoms with Gasteiger partial charge < -0.3 is 15.4 Å². The van der Waals surface area contributed by atoms with Gasteiger partial charge in [-0.05, 0) is 68.1 Å². The predicted molar refractivity (Wildman–Crippen MR) is 120 cm³/mol. The minimum atomic E-state index is -0.660. The molecule has 2 N–H and O–H groups in total. The number of ether oxygens (including phenoxy) is 1. The fourth-order valence-electron chi connectivity index (χ4n) is 3.91. The van der Waals surface area contributed by atoms with Crippen LogP contribution in [0.4, 0.5) is 0 Å². The Morgan fingerprint density at radius 3 is 2.69 bits per heavy atom. The Morgan fingerprint density at radius 2 is 2.00 bits per heavy atom. The van der Waals surface area contributed by atoms with Gasteiger partial charge in [0.2, 0.25) is 5.91 Å². The van der Waals surface area contributed by atoms with E-state index in [-0.39, 0.29) is 11.9 Å². The highest BCUT2D eigenvalue weighted by atomic mass is 16.5. The zero-order valence-corrected chi connectivity index (χ0v) is 18.0. The largest absolute Gasteiger partial charge is 0.494 e. The van der Waals surface area contributed by atoms with Gasteiger partial charge in [0.05, 0.1) is 30.6 Å². The molecule has 0 spiro atoms. The Balaban J connectivity index is 1.41. The summed E-state index contributed by atoms with van der Waals surface area (Å²) in [6.07, 6.45) is 3.86. The number of hydrogen-bond acceptors (Lipinski definition) is 6. The molecule has 2 heterocycles. The van der Waals surface area contributed by atoms with E-state index in [9.17, 15) is 10.1 Å². The monoisotopic (exact) mass is 430 g/mol. The van der Waals surface area contributed by atoms with E-state index in [1.54, 1.807) is 9.58 Å². The molecule has 8 nitrogen and oxygen atoms in total. The minimum Gasteiger partial charge on any atom is -0.494 e. The maximum absolute atomic E-state index is 12.6. The molecule has 0 aliphatic carbocycles. The molecular formula is C24H26N6O2. The quantitative estimate of drug-likeness (QED) is 0.617. The Morgan fingerprint density at radius 1 is 1.25 bits per heavy atom. The first kappa shape index (κ1) is 21.5. The van der Waals surface area contributed by atoms with Gasteiger partial charge in [-0.25, -0.2) is 4.68 Å². The number of amides is 1. The zero-order chi connectivity index (χ0) is 22.5. The van der Waals surface area contributed by atoms with Crippen LogP contribution in [0.2, 0.25) is 0 Å². The molecule has 4 rings (SSSR count). The Bertz CT molecular complexity index is 1100. The van der Waals surface area contributed by atoms with Crippen molar-refractivity contribution in [2.45, 2.75) is 38.3 Å². The van der Waals surface area contributed by atoms with Crippen molar-refractivity contribution in [3.63, 3.8) is 0 Å². The van der Waals surface area contributed by atoms with Crippen molar-refractivity contribution in [2.75, 3.05) is 13.2 Å². The average molecular weight is 431 g/mol. The number of benzene rings is 2. The molecule has 1 aromatic heterocycles. The summed E-state index contributed by atoms with van der Waals surface area (Å²) in [4.78, 5) is 14.2. The summed E-state index contributed by atoms with van der Waals surface area (Å²) in [6, 6.07) is 16.6. The predicted octanol–water partition coefficient (Wildman–Crippen LogP) is 2.72. The molecule has 1 aliphatic heterocycles. The van der Waals surface area contributed by atoms with E-state index in [0.29, 0.717) is 19.6 Å². The summed E-state index contributed by atoms with van der Waals surface area (Å²) >= 11 is 0. The van der Waals surface area contributed by atoms with Gasteiger partial charge in [-0.2, -0.15) is 5.26 Å². The third-order valence-electron chi connectivity index (χ3n) is 5.61. The molecule has 164 valence electrons. The molecule has 3 aromatic rings. The van der Waals surface area contributed by atoms with Gasteiger partial charge in [-0.15, -0.1) is 5.10 Å². The van der Waals surface area contributed by atoms with Gasteiger partial charge in [-0.1, -0.05) is 17.3 Å². The van der Waals surface area contributed by atoms with Crippen LogP contribution in [0.1, 0.15) is 25.3 Å². The second kappa shape index (κ2) is 9.62. The normalized spacial score (nSPS) is 16.5. The fourth-order valence-corrected chi connectivity index (χ4v) is 3.91. The van der Waals surface area contributed by atoms with E-state index in [0.717, 1.165) is 41.1 Å². The fraction of sp³-hybridized carbons (Fsp3) is 0.333. The Kier molecular flexibility index (Phi) is 6.47. The highest BCUT2D eigenvalue weighted by Crippen LogP contribution is 2.22. The van der Waals surface area contributed by atoms with Gasteiger partial charge in [0, 0.05) is 12.1 Å². The molecule has 0 bridgehead atoms. The second-order valence-corrected chi connectivity index (χ2v) is 7.80. The standard InChI is InChI=1S/C24H26N6O2/c1-2-32-21-11-7-18(8-12-21)23-16-30(28-27-23)19-9-5-17(6-10-19)14-22(26)24(31)29-13-3-4-20(29)15-25/h5-12,16,20,22H,2-4,13-14,26H2,1H3/t20-,22-/m0/s1. The maximum Gasteiger partial charge on any atom is 0.240 e. The molecule has 8 heteroatoms. The smallest absolute Gasteiger partial charge is 0.240 e. The Labute approximate surface area is 187 Å². The maximum atomic E-state index is 12.6. The summed E-state index contributed by atoms with van der Waals surface area (Å²) in [7, 11) is 0. The number of likely N-dealkylation sites (tertiary alicyclic amines) is 1. The van der Waals surface area contributed by atoms with Crippen LogP contribution in [0.5, 0.6) is 5.75 Å². The summed E-state index contributed by atoms with van der Waals surface area (Å²) in [5.74, 6) is 0.665. The van der Waals surface area contributed by atoms with Gasteiger partial charge >= 0.3 is 0 Å². The summed E-state index contributed by atoms with van der Waals surface area (Å²) in [5.41, 5.74) is 9.69. The van der Waals surface area contributed by atoms with Crippen LogP contribution >= 0.6 is 0 Å². The Hall–Kier alpha value is -3.70. The number of carbonyl (C=O) groups is 1. The number of nitrogens with zero attached hydrogens (tertiary/aromatic N) is 5. The van der Waals surface area contributed by atoms with Crippen LogP contribution in [0, 0.1) is 11.3 Å². The molecule has 1 fully saturated rings. The molecular weight excluding hydrogens is 404 g/mol. The summed E-state index contributed by atoms with van der Waals surface area (Å²) < 4.78 is 7.19. The summed E-state index contributed by atoms with van der Waals surface area (Å²) in [6.45, 7) is 3.18. The third kappa shape index (κ3) is 4.63. The molecule has 0 unspecified atom stereocenters. The highest BCUT2D eigenvalue weighted by molar-refractivity contribution is 5.82. The first-order chi connectivity index (χ1) is 15.6. The lowest BCUT2D eigenvalue weighted by atomic mass is 10.0. The number of rotatable bonds is 7. The molecule has 0 saturated carbocycles. The van der Waals surface area contributed by atoms with Gasteiger partial charge in [-0.3, -0.25) is 4.79 Å². The van der Waals surface area contributed by atoms with Gasteiger partial charge in [0.25, 0.3) is 0 Å². The van der Waals surface area contributed by atoms with E-state index in [4.69, 9.17) is 10.5 Å². The van der Waals surface area contributed by atoms with E-state index >= 15 is 0 Å². The minimum absolute atomic E-state index is 0.158.